The summed E-state index contributed by atoms with van der Waals surface area (Å²) in [6, 6.07) is 22.7. The molecule has 39 heavy (non-hydrogen) atoms. The Morgan fingerprint density at radius 3 is 2.23 bits per heavy atom. The van der Waals surface area contributed by atoms with Crippen LogP contribution in [-0.2, 0) is 44.2 Å². The summed E-state index contributed by atoms with van der Waals surface area (Å²) in [5.74, 6) is 0. The van der Waals surface area contributed by atoms with Crippen molar-refractivity contribution in [1.82, 2.24) is 4.31 Å². The summed E-state index contributed by atoms with van der Waals surface area (Å²) in [6.07, 6.45) is 2.61. The number of benzene rings is 3. The Balaban J connectivity index is 1.82. The Morgan fingerprint density at radius 2 is 1.62 bits per heavy atom. The smallest absolute Gasteiger partial charge is 0.253 e. The lowest BCUT2D eigenvalue weighted by Crippen LogP contribution is -2.30. The van der Waals surface area contributed by atoms with Crippen LogP contribution in [0.3, 0.4) is 0 Å². The van der Waals surface area contributed by atoms with E-state index >= 15 is 0 Å². The van der Waals surface area contributed by atoms with Crippen LogP contribution in [0.5, 0.6) is 0 Å². The van der Waals surface area contributed by atoms with E-state index in [2.05, 4.69) is 0 Å². The Morgan fingerprint density at radius 1 is 0.923 bits per heavy atom. The van der Waals surface area contributed by atoms with Crippen molar-refractivity contribution in [3.63, 3.8) is 0 Å². The molecule has 0 spiro atoms. The molecule has 0 bridgehead atoms. The molecule has 3 aromatic carbocycles. The first-order chi connectivity index (χ1) is 18.5. The second-order valence-corrected chi connectivity index (χ2v) is 14.3. The number of para-hydroxylation sites is 1. The van der Waals surface area contributed by atoms with Gasteiger partial charge in [-0.25, -0.2) is 21.1 Å². The lowest BCUT2D eigenvalue weighted by atomic mass is 10.0. The summed E-state index contributed by atoms with van der Waals surface area (Å²) in [7, 11) is -7.82. The van der Waals surface area contributed by atoms with Crippen LogP contribution in [0.25, 0.3) is 11.1 Å². The number of nitriles is 1. The third-order valence-corrected chi connectivity index (χ3v) is 10.7. The Kier molecular flexibility index (Phi) is 8.65. The van der Waals surface area contributed by atoms with Gasteiger partial charge in [-0.15, -0.1) is 11.3 Å². The largest absolute Gasteiger partial charge is 0.754 e. The van der Waals surface area contributed by atoms with E-state index < -0.39 is 31.1 Å². The number of thiophene rings is 1. The molecule has 4 aromatic rings. The van der Waals surface area contributed by atoms with Crippen LogP contribution in [0.2, 0.25) is 0 Å². The third kappa shape index (κ3) is 6.44. The number of hydrogen-bond donors (Lipinski definition) is 0. The number of nitrogens with zero attached hydrogens (tertiary/aromatic N) is 3. The fourth-order valence-electron chi connectivity index (χ4n) is 4.00. The SMILES string of the molecule is CS(=O)(=O)c1cc(-c2ccccc2N(C#N)S(=O)[O-])ccc1CN(Cc1ccccc1)S(=O)(=O)c1cccs1. The van der Waals surface area contributed by atoms with Gasteiger partial charge in [0.2, 0.25) is 0 Å². The molecule has 1 unspecified atom stereocenters. The van der Waals surface area contributed by atoms with E-state index in [1.807, 2.05) is 6.07 Å². The van der Waals surface area contributed by atoms with Crippen molar-refractivity contribution in [2.75, 3.05) is 10.6 Å². The van der Waals surface area contributed by atoms with Crippen LogP contribution in [0.1, 0.15) is 11.1 Å². The minimum atomic E-state index is -3.96. The molecule has 1 aromatic heterocycles. The van der Waals surface area contributed by atoms with Gasteiger partial charge in [-0.05, 0) is 40.3 Å². The van der Waals surface area contributed by atoms with Gasteiger partial charge < -0.3 is 4.55 Å². The topological polar surface area (TPSA) is 139 Å². The third-order valence-electron chi connectivity index (χ3n) is 5.78. The number of sulfonamides is 1. The molecule has 0 amide bonds. The predicted octanol–water partition coefficient (Wildman–Crippen LogP) is 4.29. The van der Waals surface area contributed by atoms with Gasteiger partial charge in [-0.1, -0.05) is 66.7 Å². The lowest BCUT2D eigenvalue weighted by Gasteiger charge is -2.24. The zero-order valence-electron chi connectivity index (χ0n) is 20.5. The zero-order chi connectivity index (χ0) is 28.2. The molecule has 9 nitrogen and oxygen atoms in total. The zero-order valence-corrected chi connectivity index (χ0v) is 23.8. The molecule has 1 heterocycles. The van der Waals surface area contributed by atoms with Gasteiger partial charge in [0.15, 0.2) is 16.0 Å². The standard InChI is InChI=1S/C26H23N3O6S4/c1-38(32,33)25-16-21(23-10-5-6-11-24(23)29(19-27)37(30)31)13-14-22(25)18-28(17-20-8-3-2-4-9-20)39(34,35)26-12-7-15-36-26/h2-16H,17-18H2,1H3,(H,30,31)/p-1. The van der Waals surface area contributed by atoms with Gasteiger partial charge in [0.05, 0.1) is 21.8 Å². The van der Waals surface area contributed by atoms with Gasteiger partial charge in [-0.3, -0.25) is 4.21 Å². The van der Waals surface area contributed by atoms with Crippen molar-refractivity contribution >= 4 is 48.2 Å². The number of anilines is 1. The summed E-state index contributed by atoms with van der Waals surface area (Å²) < 4.78 is 78.0. The Labute approximate surface area is 234 Å². The molecular formula is C26H22N3O6S4-. The molecule has 202 valence electrons. The highest BCUT2D eigenvalue weighted by Gasteiger charge is 2.28. The second-order valence-electron chi connectivity index (χ2n) is 8.41. The molecule has 0 N–H and O–H groups in total. The summed E-state index contributed by atoms with van der Waals surface area (Å²) >= 11 is -1.82. The van der Waals surface area contributed by atoms with E-state index in [1.54, 1.807) is 66.2 Å². The maximum atomic E-state index is 13.6. The van der Waals surface area contributed by atoms with Gasteiger partial charge in [0.1, 0.15) is 4.21 Å². The van der Waals surface area contributed by atoms with Gasteiger partial charge >= 0.3 is 0 Å². The molecule has 0 saturated carbocycles. The molecule has 0 fully saturated rings. The molecule has 1 atom stereocenters. The van der Waals surface area contributed by atoms with Crippen molar-refractivity contribution in [3.05, 3.63) is 101 Å². The fourth-order valence-corrected chi connectivity index (χ4v) is 7.89. The van der Waals surface area contributed by atoms with Crippen LogP contribution >= 0.6 is 11.3 Å². The summed E-state index contributed by atoms with van der Waals surface area (Å²) in [4.78, 5) is -0.110. The lowest BCUT2D eigenvalue weighted by molar-refractivity contribution is 0.399. The summed E-state index contributed by atoms with van der Waals surface area (Å²) in [5, 5.41) is 11.0. The average molecular weight is 601 g/mol. The number of sulfone groups is 1. The van der Waals surface area contributed by atoms with Crippen molar-refractivity contribution in [2.24, 2.45) is 0 Å². The molecule has 0 saturated heterocycles. The van der Waals surface area contributed by atoms with E-state index in [-0.39, 0.29) is 33.4 Å². The molecule has 0 radical (unpaired) electrons. The van der Waals surface area contributed by atoms with Crippen molar-refractivity contribution in [1.29, 1.82) is 5.26 Å². The highest BCUT2D eigenvalue weighted by molar-refractivity contribution is 7.91. The van der Waals surface area contributed by atoms with E-state index in [4.69, 9.17) is 0 Å². The quantitative estimate of drug-likeness (QED) is 0.150. The minimum Gasteiger partial charge on any atom is -0.754 e. The number of hydrogen-bond acceptors (Lipinski definition) is 8. The van der Waals surface area contributed by atoms with Crippen LogP contribution < -0.4 is 4.31 Å². The van der Waals surface area contributed by atoms with E-state index in [9.17, 15) is 30.9 Å². The highest BCUT2D eigenvalue weighted by atomic mass is 32.2. The van der Waals surface area contributed by atoms with Crippen LogP contribution in [0.15, 0.2) is 99.4 Å². The van der Waals surface area contributed by atoms with Crippen molar-refractivity contribution in [2.45, 2.75) is 22.2 Å². The molecular weight excluding hydrogens is 579 g/mol. The van der Waals surface area contributed by atoms with Crippen LogP contribution in [0.4, 0.5) is 5.69 Å². The van der Waals surface area contributed by atoms with Gasteiger partial charge in [0.25, 0.3) is 10.0 Å². The van der Waals surface area contributed by atoms with Crippen LogP contribution in [-0.4, -0.2) is 36.2 Å². The molecule has 13 heteroatoms. The van der Waals surface area contributed by atoms with Crippen molar-refractivity contribution in [3.8, 4) is 17.3 Å². The highest BCUT2D eigenvalue weighted by Crippen LogP contribution is 2.34. The monoisotopic (exact) mass is 600 g/mol. The Hall–Kier alpha value is -3.38. The molecule has 0 aliphatic heterocycles. The van der Waals surface area contributed by atoms with Gasteiger partial charge in [0, 0.05) is 24.9 Å². The second kappa shape index (κ2) is 11.8. The minimum absolute atomic E-state index is 0.0152. The predicted molar refractivity (Wildman–Crippen MR) is 149 cm³/mol. The average Bonchev–Trinajstić information content (AvgIpc) is 3.45. The fraction of sp³-hybridized carbons (Fsp3) is 0.115. The molecule has 0 aliphatic carbocycles. The first kappa shape index (κ1) is 28.6. The molecule has 0 aliphatic rings. The first-order valence-corrected chi connectivity index (χ1v) is 16.6. The number of rotatable bonds is 10. The van der Waals surface area contributed by atoms with E-state index in [1.165, 1.54) is 28.6 Å². The summed E-state index contributed by atoms with van der Waals surface area (Å²) in [6.45, 7) is -0.213. The van der Waals surface area contributed by atoms with E-state index in [0.717, 1.165) is 23.2 Å². The maximum Gasteiger partial charge on any atom is 0.253 e. The maximum absolute atomic E-state index is 13.6. The molecule has 4 rings (SSSR count). The van der Waals surface area contributed by atoms with Crippen LogP contribution in [0, 0.1) is 11.5 Å². The normalized spacial score (nSPS) is 12.7. The Bertz CT molecular complexity index is 1750. The van der Waals surface area contributed by atoms with Crippen molar-refractivity contribution < 1.29 is 25.6 Å². The summed E-state index contributed by atoms with van der Waals surface area (Å²) in [5.41, 5.74) is 1.68. The van der Waals surface area contributed by atoms with Gasteiger partial charge in [-0.2, -0.15) is 9.57 Å². The first-order valence-electron chi connectivity index (χ1n) is 11.3. The van der Waals surface area contributed by atoms with E-state index in [0.29, 0.717) is 15.4 Å².